The van der Waals surface area contributed by atoms with Crippen LogP contribution in [0.2, 0.25) is 0 Å². The van der Waals surface area contributed by atoms with Crippen molar-refractivity contribution in [3.05, 3.63) is 30.3 Å². The quantitative estimate of drug-likeness (QED) is 0.866. The highest BCUT2D eigenvalue weighted by molar-refractivity contribution is 5.62. The average molecular weight is 262 g/mol. The molecule has 1 aromatic heterocycles. The van der Waals surface area contributed by atoms with Crippen molar-refractivity contribution in [3.8, 4) is 22.8 Å². The first-order chi connectivity index (χ1) is 9.28. The molecule has 1 heterocycles. The fraction of sp³-hybridized carbons (Fsp3) is 0.357. The fourth-order valence-corrected chi connectivity index (χ4v) is 1.75. The average Bonchev–Trinajstić information content (AvgIpc) is 2.93. The number of oxazole rings is 1. The highest BCUT2D eigenvalue weighted by Gasteiger charge is 2.10. The summed E-state index contributed by atoms with van der Waals surface area (Å²) >= 11 is 0. The zero-order valence-electron chi connectivity index (χ0n) is 11.4. The lowest BCUT2D eigenvalue weighted by molar-refractivity contribution is 0.355. The van der Waals surface area contributed by atoms with E-state index in [1.165, 1.54) is 0 Å². The molecule has 1 aromatic carbocycles. The Morgan fingerprint density at radius 3 is 2.68 bits per heavy atom. The number of aromatic nitrogens is 1. The van der Waals surface area contributed by atoms with E-state index in [0.29, 0.717) is 29.7 Å². The van der Waals surface area contributed by atoms with E-state index in [2.05, 4.69) is 10.3 Å². The summed E-state index contributed by atoms with van der Waals surface area (Å²) in [6.45, 7) is 3.55. The zero-order chi connectivity index (χ0) is 13.7. The second kappa shape index (κ2) is 6.24. The molecule has 0 saturated carbocycles. The third-order valence-corrected chi connectivity index (χ3v) is 2.75. The van der Waals surface area contributed by atoms with Crippen molar-refractivity contribution < 1.29 is 13.9 Å². The minimum absolute atomic E-state index is 0.629. The number of benzene rings is 1. The van der Waals surface area contributed by atoms with Crippen LogP contribution in [0.4, 0.5) is 0 Å². The van der Waals surface area contributed by atoms with Crippen LogP contribution < -0.4 is 14.8 Å². The van der Waals surface area contributed by atoms with Gasteiger partial charge in [-0.1, -0.05) is 6.92 Å². The Morgan fingerprint density at radius 2 is 2.00 bits per heavy atom. The lowest BCUT2D eigenvalue weighted by Gasteiger charge is -2.08. The van der Waals surface area contributed by atoms with Crippen LogP contribution in [0, 0.1) is 0 Å². The molecule has 1 N–H and O–H groups in total. The Morgan fingerprint density at radius 1 is 1.21 bits per heavy atom. The molecule has 0 aliphatic carbocycles. The monoisotopic (exact) mass is 262 g/mol. The minimum Gasteiger partial charge on any atom is -0.493 e. The van der Waals surface area contributed by atoms with Gasteiger partial charge in [-0.15, -0.1) is 0 Å². The van der Waals surface area contributed by atoms with Crippen molar-refractivity contribution in [2.45, 2.75) is 13.5 Å². The Kier molecular flexibility index (Phi) is 4.41. The predicted molar refractivity (Wildman–Crippen MR) is 72.4 cm³/mol. The minimum atomic E-state index is 0.629. The molecule has 2 aromatic rings. The summed E-state index contributed by atoms with van der Waals surface area (Å²) < 4.78 is 16.1. The lowest BCUT2D eigenvalue weighted by Crippen LogP contribution is -2.11. The van der Waals surface area contributed by atoms with Crippen molar-refractivity contribution >= 4 is 0 Å². The molecule has 0 bridgehead atoms. The Bertz CT molecular complexity index is 537. The zero-order valence-corrected chi connectivity index (χ0v) is 11.4. The van der Waals surface area contributed by atoms with Crippen molar-refractivity contribution in [3.63, 3.8) is 0 Å². The lowest BCUT2D eigenvalue weighted by atomic mass is 10.1. The summed E-state index contributed by atoms with van der Waals surface area (Å²) in [5, 5.41) is 3.17. The van der Waals surface area contributed by atoms with Crippen LogP contribution in [0.1, 0.15) is 12.8 Å². The molecule has 0 atom stereocenters. The van der Waals surface area contributed by atoms with Crippen LogP contribution in [0.5, 0.6) is 11.5 Å². The number of rotatable bonds is 6. The predicted octanol–water partition coefficient (Wildman–Crippen LogP) is 2.47. The molecule has 0 amide bonds. The summed E-state index contributed by atoms with van der Waals surface area (Å²) in [5.74, 6) is 2.75. The summed E-state index contributed by atoms with van der Waals surface area (Å²) in [7, 11) is 3.22. The van der Waals surface area contributed by atoms with Gasteiger partial charge in [-0.3, -0.25) is 0 Å². The molecule has 0 aliphatic heterocycles. The topological polar surface area (TPSA) is 56.5 Å². The highest BCUT2D eigenvalue weighted by atomic mass is 16.5. The Hall–Kier alpha value is -2.01. The second-order valence-electron chi connectivity index (χ2n) is 3.97. The normalized spacial score (nSPS) is 10.5. The largest absolute Gasteiger partial charge is 0.493 e. The summed E-state index contributed by atoms with van der Waals surface area (Å²) in [6.07, 6.45) is 1.72. The second-order valence-corrected chi connectivity index (χ2v) is 3.97. The van der Waals surface area contributed by atoms with Crippen molar-refractivity contribution in [2.24, 2.45) is 0 Å². The van der Waals surface area contributed by atoms with Crippen LogP contribution in [0.25, 0.3) is 11.3 Å². The molecule has 19 heavy (non-hydrogen) atoms. The van der Waals surface area contributed by atoms with E-state index in [1.54, 1.807) is 20.4 Å². The van der Waals surface area contributed by atoms with Crippen LogP contribution in [-0.2, 0) is 6.54 Å². The van der Waals surface area contributed by atoms with E-state index in [1.807, 2.05) is 25.1 Å². The number of hydrogen-bond donors (Lipinski definition) is 1. The van der Waals surface area contributed by atoms with Gasteiger partial charge in [-0.05, 0) is 24.7 Å². The Labute approximate surface area is 112 Å². The first-order valence-corrected chi connectivity index (χ1v) is 6.16. The van der Waals surface area contributed by atoms with Crippen molar-refractivity contribution in [1.82, 2.24) is 10.3 Å². The maximum Gasteiger partial charge on any atom is 0.208 e. The molecule has 5 nitrogen and oxygen atoms in total. The van der Waals surface area contributed by atoms with Gasteiger partial charge < -0.3 is 19.2 Å². The standard InChI is InChI=1S/C14H18N2O3/c1-4-15-9-14-16-8-13(19-14)10-5-6-11(17-2)12(7-10)18-3/h5-8,15H,4,9H2,1-3H3. The van der Waals surface area contributed by atoms with Gasteiger partial charge in [0.15, 0.2) is 17.3 Å². The number of hydrogen-bond acceptors (Lipinski definition) is 5. The molecule has 0 radical (unpaired) electrons. The molecule has 5 heteroatoms. The molecule has 0 unspecified atom stereocenters. The van der Waals surface area contributed by atoms with E-state index >= 15 is 0 Å². The summed E-state index contributed by atoms with van der Waals surface area (Å²) in [5.41, 5.74) is 0.910. The van der Waals surface area contributed by atoms with E-state index in [9.17, 15) is 0 Å². The third-order valence-electron chi connectivity index (χ3n) is 2.75. The molecule has 0 fully saturated rings. The first kappa shape index (κ1) is 13.4. The van der Waals surface area contributed by atoms with Gasteiger partial charge in [0, 0.05) is 5.56 Å². The van der Waals surface area contributed by atoms with Crippen LogP contribution in [-0.4, -0.2) is 25.7 Å². The molecule has 0 spiro atoms. The number of ether oxygens (including phenoxy) is 2. The van der Waals surface area contributed by atoms with E-state index < -0.39 is 0 Å². The SMILES string of the molecule is CCNCc1ncc(-c2ccc(OC)c(OC)c2)o1. The fourth-order valence-electron chi connectivity index (χ4n) is 1.75. The number of nitrogens with one attached hydrogen (secondary N) is 1. The third kappa shape index (κ3) is 3.06. The highest BCUT2D eigenvalue weighted by Crippen LogP contribution is 2.32. The van der Waals surface area contributed by atoms with Gasteiger partial charge in [-0.25, -0.2) is 4.98 Å². The van der Waals surface area contributed by atoms with Crippen LogP contribution in [0.15, 0.2) is 28.8 Å². The van der Waals surface area contributed by atoms with E-state index in [-0.39, 0.29) is 0 Å². The number of methoxy groups -OCH3 is 2. The van der Waals surface area contributed by atoms with Gasteiger partial charge in [0.2, 0.25) is 5.89 Å². The number of nitrogens with zero attached hydrogens (tertiary/aromatic N) is 1. The molecular formula is C14H18N2O3. The van der Waals surface area contributed by atoms with E-state index in [4.69, 9.17) is 13.9 Å². The van der Waals surface area contributed by atoms with Gasteiger partial charge in [-0.2, -0.15) is 0 Å². The van der Waals surface area contributed by atoms with Crippen LogP contribution in [0.3, 0.4) is 0 Å². The summed E-state index contributed by atoms with van der Waals surface area (Å²) in [4.78, 5) is 4.23. The molecule has 2 rings (SSSR count). The van der Waals surface area contributed by atoms with Gasteiger partial charge >= 0.3 is 0 Å². The molecule has 102 valence electrons. The van der Waals surface area contributed by atoms with Crippen molar-refractivity contribution in [2.75, 3.05) is 20.8 Å². The maximum absolute atomic E-state index is 5.67. The van der Waals surface area contributed by atoms with Gasteiger partial charge in [0.25, 0.3) is 0 Å². The summed E-state index contributed by atoms with van der Waals surface area (Å²) in [6, 6.07) is 5.63. The molecule has 0 saturated heterocycles. The first-order valence-electron chi connectivity index (χ1n) is 6.16. The Balaban J connectivity index is 2.23. The van der Waals surface area contributed by atoms with E-state index in [0.717, 1.165) is 12.1 Å². The molecular weight excluding hydrogens is 244 g/mol. The molecule has 0 aliphatic rings. The smallest absolute Gasteiger partial charge is 0.208 e. The van der Waals surface area contributed by atoms with Crippen molar-refractivity contribution in [1.29, 1.82) is 0 Å². The van der Waals surface area contributed by atoms with Crippen LogP contribution >= 0.6 is 0 Å². The van der Waals surface area contributed by atoms with Gasteiger partial charge in [0.05, 0.1) is 27.0 Å². The maximum atomic E-state index is 5.67. The van der Waals surface area contributed by atoms with Gasteiger partial charge in [0.1, 0.15) is 0 Å².